The summed E-state index contributed by atoms with van der Waals surface area (Å²) in [6.07, 6.45) is 1.74. The molecule has 2 aliphatic heterocycles. The smallest absolute Gasteiger partial charge is 0.253 e. The van der Waals surface area contributed by atoms with Gasteiger partial charge in [0.2, 0.25) is 0 Å². The topological polar surface area (TPSA) is 70.8 Å². The maximum Gasteiger partial charge on any atom is 0.253 e. The Morgan fingerprint density at radius 3 is 2.67 bits per heavy atom. The molecule has 0 saturated carbocycles. The average molecular weight is 332 g/mol. The minimum atomic E-state index is -0.0698. The maximum absolute atomic E-state index is 12.6. The van der Waals surface area contributed by atoms with Gasteiger partial charge in [-0.1, -0.05) is 6.07 Å². The molecular weight excluding hydrogens is 304 g/mol. The van der Waals surface area contributed by atoms with E-state index in [4.69, 9.17) is 10.5 Å². The second-order valence-electron chi connectivity index (χ2n) is 6.86. The third-order valence-electron chi connectivity index (χ3n) is 4.92. The van der Waals surface area contributed by atoms with Crippen molar-refractivity contribution in [3.8, 4) is 0 Å². The van der Waals surface area contributed by atoms with E-state index in [-0.39, 0.29) is 11.9 Å². The second kappa shape index (κ2) is 7.96. The summed E-state index contributed by atoms with van der Waals surface area (Å²) >= 11 is 0. The van der Waals surface area contributed by atoms with Crippen molar-refractivity contribution in [2.45, 2.75) is 25.4 Å². The van der Waals surface area contributed by atoms with Gasteiger partial charge in [-0.25, -0.2) is 0 Å². The van der Waals surface area contributed by atoms with Gasteiger partial charge in [0.1, 0.15) is 0 Å². The van der Waals surface area contributed by atoms with Crippen LogP contribution in [0.2, 0.25) is 0 Å². The number of ether oxygens (including phenoxy) is 1. The first-order chi connectivity index (χ1) is 11.6. The third-order valence-corrected chi connectivity index (χ3v) is 4.92. The van der Waals surface area contributed by atoms with E-state index < -0.39 is 0 Å². The number of carbonyl (C=O) groups excluding carboxylic acids is 1. The van der Waals surface area contributed by atoms with Crippen LogP contribution in [0.4, 0.5) is 5.69 Å². The Labute approximate surface area is 143 Å². The lowest BCUT2D eigenvalue weighted by atomic mass is 10.0. The molecule has 1 aromatic carbocycles. The number of rotatable bonds is 4. The van der Waals surface area contributed by atoms with Crippen LogP contribution in [0.1, 0.15) is 28.8 Å². The zero-order chi connectivity index (χ0) is 16.9. The fraction of sp³-hybridized carbons (Fsp3) is 0.611. The molecule has 2 fully saturated rings. The number of nitrogens with one attached hydrogen (secondary N) is 1. The minimum absolute atomic E-state index is 0.0698. The molecule has 24 heavy (non-hydrogen) atoms. The zero-order valence-corrected chi connectivity index (χ0v) is 14.5. The predicted octanol–water partition coefficient (Wildman–Crippen LogP) is 0.925. The van der Waals surface area contributed by atoms with Crippen LogP contribution in [-0.4, -0.2) is 68.2 Å². The Morgan fingerprint density at radius 2 is 1.96 bits per heavy atom. The Bertz CT molecular complexity index is 564. The third kappa shape index (κ3) is 4.47. The lowest BCUT2D eigenvalue weighted by Gasteiger charge is -2.32. The molecule has 0 radical (unpaired) electrons. The first kappa shape index (κ1) is 17.2. The van der Waals surface area contributed by atoms with Crippen LogP contribution < -0.4 is 11.1 Å². The maximum atomic E-state index is 12.6. The van der Waals surface area contributed by atoms with Gasteiger partial charge >= 0.3 is 0 Å². The first-order valence-electron chi connectivity index (χ1n) is 8.80. The molecule has 0 aromatic heterocycles. The number of benzene rings is 1. The van der Waals surface area contributed by atoms with Crippen molar-refractivity contribution in [2.75, 3.05) is 52.2 Å². The van der Waals surface area contributed by atoms with E-state index in [1.54, 1.807) is 0 Å². The normalized spacial score (nSPS) is 20.9. The summed E-state index contributed by atoms with van der Waals surface area (Å²) in [5, 5.41) is 3.09. The minimum Gasteiger partial charge on any atom is -0.398 e. The number of hydrogen-bond donors (Lipinski definition) is 2. The van der Waals surface area contributed by atoms with Gasteiger partial charge in [0.15, 0.2) is 0 Å². The average Bonchev–Trinajstić information content (AvgIpc) is 2.59. The summed E-state index contributed by atoms with van der Waals surface area (Å²) in [6, 6.07) is 6.01. The van der Waals surface area contributed by atoms with Crippen LogP contribution in [0.5, 0.6) is 0 Å². The molecule has 2 heterocycles. The van der Waals surface area contributed by atoms with E-state index in [0.29, 0.717) is 24.5 Å². The van der Waals surface area contributed by atoms with E-state index in [2.05, 4.69) is 22.2 Å². The Kier molecular flexibility index (Phi) is 5.71. The standard InChI is InChI=1S/C18H28N4O2/c1-21-6-8-22(9-7-21)13-14-2-3-17(19)16(12-14)18(23)20-15-4-10-24-11-5-15/h2-3,12,15H,4-11,13,19H2,1H3,(H,20,23). The van der Waals surface area contributed by atoms with Crippen molar-refractivity contribution >= 4 is 11.6 Å². The Morgan fingerprint density at radius 1 is 1.25 bits per heavy atom. The Hall–Kier alpha value is -1.63. The van der Waals surface area contributed by atoms with E-state index in [9.17, 15) is 4.79 Å². The number of carbonyl (C=O) groups is 1. The number of nitrogens with zero attached hydrogens (tertiary/aromatic N) is 2. The zero-order valence-electron chi connectivity index (χ0n) is 14.5. The molecule has 0 aliphatic carbocycles. The molecule has 0 bridgehead atoms. The van der Waals surface area contributed by atoms with Gasteiger partial charge in [-0.05, 0) is 37.6 Å². The highest BCUT2D eigenvalue weighted by molar-refractivity contribution is 5.99. The number of anilines is 1. The molecule has 6 heteroatoms. The number of hydrogen-bond acceptors (Lipinski definition) is 5. The van der Waals surface area contributed by atoms with Crippen molar-refractivity contribution < 1.29 is 9.53 Å². The highest BCUT2D eigenvalue weighted by atomic mass is 16.5. The van der Waals surface area contributed by atoms with E-state index >= 15 is 0 Å². The molecule has 0 spiro atoms. The summed E-state index contributed by atoms with van der Waals surface area (Å²) in [5.41, 5.74) is 8.32. The lowest BCUT2D eigenvalue weighted by Crippen LogP contribution is -2.43. The molecule has 6 nitrogen and oxygen atoms in total. The number of nitrogens with two attached hydrogens (primary N) is 1. The summed E-state index contributed by atoms with van der Waals surface area (Å²) in [4.78, 5) is 17.3. The van der Waals surface area contributed by atoms with Crippen LogP contribution in [0.3, 0.4) is 0 Å². The highest BCUT2D eigenvalue weighted by Crippen LogP contribution is 2.17. The van der Waals surface area contributed by atoms with Crippen molar-refractivity contribution in [2.24, 2.45) is 0 Å². The number of likely N-dealkylation sites (N-methyl/N-ethyl adjacent to an activating group) is 1. The molecule has 132 valence electrons. The van der Waals surface area contributed by atoms with Gasteiger partial charge in [0.05, 0.1) is 5.56 Å². The molecule has 0 unspecified atom stereocenters. The number of amides is 1. The SMILES string of the molecule is CN1CCN(Cc2ccc(N)c(C(=O)NC3CCOCC3)c2)CC1. The molecule has 0 atom stereocenters. The highest BCUT2D eigenvalue weighted by Gasteiger charge is 2.19. The van der Waals surface area contributed by atoms with Crippen LogP contribution in [0.25, 0.3) is 0 Å². The fourth-order valence-electron chi connectivity index (χ4n) is 3.27. The van der Waals surface area contributed by atoms with Crippen molar-refractivity contribution in [3.63, 3.8) is 0 Å². The summed E-state index contributed by atoms with van der Waals surface area (Å²) in [7, 11) is 2.15. The Balaban J connectivity index is 1.63. The van der Waals surface area contributed by atoms with Gasteiger partial charge in [0.25, 0.3) is 5.91 Å². The molecule has 2 aliphatic rings. The molecular formula is C18H28N4O2. The van der Waals surface area contributed by atoms with Crippen molar-refractivity contribution in [1.29, 1.82) is 0 Å². The van der Waals surface area contributed by atoms with Gasteiger partial charge in [-0.15, -0.1) is 0 Å². The van der Waals surface area contributed by atoms with Crippen molar-refractivity contribution in [1.82, 2.24) is 15.1 Å². The largest absolute Gasteiger partial charge is 0.398 e. The summed E-state index contributed by atoms with van der Waals surface area (Å²) in [6.45, 7) is 6.59. The monoisotopic (exact) mass is 332 g/mol. The van der Waals surface area contributed by atoms with E-state index in [1.165, 1.54) is 0 Å². The molecule has 1 aromatic rings. The van der Waals surface area contributed by atoms with Crippen LogP contribution >= 0.6 is 0 Å². The molecule has 3 rings (SSSR count). The van der Waals surface area contributed by atoms with Crippen LogP contribution in [0.15, 0.2) is 18.2 Å². The summed E-state index contributed by atoms with van der Waals surface area (Å²) < 4.78 is 5.34. The van der Waals surface area contributed by atoms with Gasteiger partial charge < -0.3 is 20.7 Å². The second-order valence-corrected chi connectivity index (χ2v) is 6.86. The molecule has 3 N–H and O–H groups in total. The van der Waals surface area contributed by atoms with Crippen LogP contribution in [-0.2, 0) is 11.3 Å². The van der Waals surface area contributed by atoms with E-state index in [1.807, 2.05) is 18.2 Å². The van der Waals surface area contributed by atoms with Gasteiger partial charge in [-0.3, -0.25) is 9.69 Å². The van der Waals surface area contributed by atoms with Gasteiger partial charge in [0, 0.05) is 57.7 Å². The quantitative estimate of drug-likeness (QED) is 0.803. The first-order valence-corrected chi connectivity index (χ1v) is 8.80. The molecule has 2 saturated heterocycles. The van der Waals surface area contributed by atoms with E-state index in [0.717, 1.165) is 51.1 Å². The van der Waals surface area contributed by atoms with Crippen molar-refractivity contribution in [3.05, 3.63) is 29.3 Å². The number of nitrogen functional groups attached to an aromatic ring is 1. The fourth-order valence-corrected chi connectivity index (χ4v) is 3.27. The summed E-state index contributed by atoms with van der Waals surface area (Å²) in [5.74, 6) is -0.0698. The van der Waals surface area contributed by atoms with Gasteiger partial charge in [-0.2, -0.15) is 0 Å². The lowest BCUT2D eigenvalue weighted by molar-refractivity contribution is 0.0697. The molecule has 1 amide bonds. The number of piperazine rings is 1. The predicted molar refractivity (Wildman–Crippen MR) is 94.9 cm³/mol. The van der Waals surface area contributed by atoms with Crippen LogP contribution in [0, 0.1) is 0 Å².